The van der Waals surface area contributed by atoms with E-state index in [0.717, 1.165) is 10.4 Å². The molecule has 6 heteroatoms. The number of nitriles is 1. The highest BCUT2D eigenvalue weighted by molar-refractivity contribution is 7.17. The van der Waals surface area contributed by atoms with Gasteiger partial charge in [0.05, 0.1) is 12.5 Å². The van der Waals surface area contributed by atoms with Crippen molar-refractivity contribution in [3.8, 4) is 16.5 Å². The van der Waals surface area contributed by atoms with Gasteiger partial charge in [-0.1, -0.05) is 30.3 Å². The van der Waals surface area contributed by atoms with Gasteiger partial charge >= 0.3 is 5.97 Å². The summed E-state index contributed by atoms with van der Waals surface area (Å²) < 4.78 is 5.04. The number of hydrogen-bond donors (Lipinski definition) is 0. The van der Waals surface area contributed by atoms with Gasteiger partial charge in [-0.15, -0.1) is 11.3 Å². The third-order valence-electron chi connectivity index (χ3n) is 3.18. The predicted molar refractivity (Wildman–Crippen MR) is 87.9 cm³/mol. The minimum Gasteiger partial charge on any atom is -0.451 e. The van der Waals surface area contributed by atoms with Crippen molar-refractivity contribution in [1.82, 2.24) is 4.90 Å². The summed E-state index contributed by atoms with van der Waals surface area (Å²) in [6, 6.07) is 15.2. The van der Waals surface area contributed by atoms with Gasteiger partial charge in [-0.2, -0.15) is 5.26 Å². The molecule has 0 saturated heterocycles. The molecular weight excluding hydrogens is 312 g/mol. The zero-order valence-corrected chi connectivity index (χ0v) is 13.5. The summed E-state index contributed by atoms with van der Waals surface area (Å²) >= 11 is 1.33. The molecule has 0 radical (unpaired) electrons. The van der Waals surface area contributed by atoms with Gasteiger partial charge in [0.2, 0.25) is 0 Å². The molecule has 1 aromatic carbocycles. The van der Waals surface area contributed by atoms with Crippen LogP contribution in [0.2, 0.25) is 0 Å². The molecular formula is C17H16N2O3S. The molecule has 0 aliphatic heterocycles. The monoisotopic (exact) mass is 328 g/mol. The Labute approximate surface area is 138 Å². The molecule has 118 valence electrons. The van der Waals surface area contributed by atoms with Gasteiger partial charge in [0.1, 0.15) is 4.88 Å². The highest BCUT2D eigenvalue weighted by atomic mass is 32.1. The molecule has 0 atom stereocenters. The van der Waals surface area contributed by atoms with Crippen LogP contribution in [-0.2, 0) is 9.53 Å². The molecule has 0 unspecified atom stereocenters. The van der Waals surface area contributed by atoms with Crippen molar-refractivity contribution in [1.29, 1.82) is 5.26 Å². The van der Waals surface area contributed by atoms with Gasteiger partial charge < -0.3 is 9.64 Å². The van der Waals surface area contributed by atoms with E-state index in [-0.39, 0.29) is 18.9 Å². The number of carbonyl (C=O) groups is 2. The lowest BCUT2D eigenvalue weighted by Gasteiger charge is -2.14. The number of rotatable bonds is 6. The third-order valence-corrected chi connectivity index (χ3v) is 4.29. The molecule has 0 bridgehead atoms. The Bertz CT molecular complexity index is 719. The Morgan fingerprint density at radius 1 is 1.22 bits per heavy atom. The predicted octanol–water partition coefficient (Wildman–Crippen LogP) is 2.94. The van der Waals surface area contributed by atoms with E-state index >= 15 is 0 Å². The Kier molecular flexibility index (Phi) is 5.89. The number of nitrogens with zero attached hydrogens (tertiary/aromatic N) is 2. The fourth-order valence-corrected chi connectivity index (χ4v) is 2.76. The number of hydrogen-bond acceptors (Lipinski definition) is 5. The first-order valence-electron chi connectivity index (χ1n) is 7.05. The SMILES string of the molecule is CN(CCC#N)C(=O)COC(=O)c1ccc(-c2ccccc2)s1. The third kappa shape index (κ3) is 4.66. The second-order valence-corrected chi connectivity index (χ2v) is 5.91. The van der Waals surface area contributed by atoms with Crippen LogP contribution in [0.3, 0.4) is 0 Å². The van der Waals surface area contributed by atoms with E-state index in [1.165, 1.54) is 16.2 Å². The Balaban J connectivity index is 1.91. The molecule has 1 aromatic heterocycles. The van der Waals surface area contributed by atoms with Gasteiger partial charge in [0.15, 0.2) is 6.61 Å². The van der Waals surface area contributed by atoms with Crippen LogP contribution in [0, 0.1) is 11.3 Å². The first-order valence-corrected chi connectivity index (χ1v) is 7.86. The maximum Gasteiger partial charge on any atom is 0.348 e. The molecule has 0 saturated carbocycles. The van der Waals surface area contributed by atoms with Crippen molar-refractivity contribution in [3.63, 3.8) is 0 Å². The lowest BCUT2D eigenvalue weighted by Crippen LogP contribution is -2.31. The highest BCUT2D eigenvalue weighted by Gasteiger charge is 2.15. The number of esters is 1. The fraction of sp³-hybridized carbons (Fsp3) is 0.235. The molecule has 23 heavy (non-hydrogen) atoms. The Morgan fingerprint density at radius 2 is 1.96 bits per heavy atom. The van der Waals surface area contributed by atoms with Crippen molar-refractivity contribution >= 4 is 23.2 Å². The highest BCUT2D eigenvalue weighted by Crippen LogP contribution is 2.28. The number of likely N-dealkylation sites (N-methyl/N-ethyl adjacent to an activating group) is 1. The summed E-state index contributed by atoms with van der Waals surface area (Å²) in [6.45, 7) is 0.00335. The molecule has 2 rings (SSSR count). The van der Waals surface area contributed by atoms with Crippen LogP contribution in [0.1, 0.15) is 16.1 Å². The molecule has 1 heterocycles. The lowest BCUT2D eigenvalue weighted by molar-refractivity contribution is -0.133. The van der Waals surface area contributed by atoms with Gasteiger partial charge in [-0.3, -0.25) is 4.79 Å². The minimum atomic E-state index is -0.515. The standard InChI is InChI=1S/C17H16N2O3S/c1-19(11-5-10-18)16(20)12-22-17(21)15-9-8-14(23-15)13-6-3-2-4-7-13/h2-4,6-9H,5,11-12H2,1H3. The molecule has 0 aliphatic carbocycles. The summed E-state index contributed by atoms with van der Waals surface area (Å²) in [5.41, 5.74) is 1.03. The van der Waals surface area contributed by atoms with E-state index in [4.69, 9.17) is 10.00 Å². The number of benzene rings is 1. The van der Waals surface area contributed by atoms with Gasteiger partial charge in [0, 0.05) is 18.5 Å². The molecule has 1 amide bonds. The normalized spacial score (nSPS) is 9.91. The van der Waals surface area contributed by atoms with E-state index in [2.05, 4.69) is 0 Å². The van der Waals surface area contributed by atoms with Gasteiger partial charge in [0.25, 0.3) is 5.91 Å². The number of ether oxygens (including phenoxy) is 1. The molecule has 0 N–H and O–H groups in total. The zero-order valence-electron chi connectivity index (χ0n) is 12.7. The molecule has 5 nitrogen and oxygen atoms in total. The molecule has 2 aromatic rings. The average molecular weight is 328 g/mol. The number of carbonyl (C=O) groups excluding carboxylic acids is 2. The summed E-state index contributed by atoms with van der Waals surface area (Å²) in [6.07, 6.45) is 0.252. The second-order valence-electron chi connectivity index (χ2n) is 4.83. The van der Waals surface area contributed by atoms with Crippen LogP contribution in [0.4, 0.5) is 0 Å². The van der Waals surface area contributed by atoms with E-state index in [1.54, 1.807) is 13.1 Å². The smallest absolute Gasteiger partial charge is 0.348 e. The summed E-state index contributed by atoms with van der Waals surface area (Å²) in [7, 11) is 1.58. The molecule has 0 fully saturated rings. The van der Waals surface area contributed by atoms with Crippen molar-refractivity contribution in [2.24, 2.45) is 0 Å². The summed E-state index contributed by atoms with van der Waals surface area (Å²) in [4.78, 5) is 26.5. The van der Waals surface area contributed by atoms with E-state index in [9.17, 15) is 9.59 Å². The second kappa shape index (κ2) is 8.11. The maximum atomic E-state index is 12.0. The van der Waals surface area contributed by atoms with E-state index < -0.39 is 5.97 Å². The number of thiophene rings is 1. The van der Waals surface area contributed by atoms with Gasteiger partial charge in [-0.05, 0) is 17.7 Å². The molecule has 0 spiro atoms. The minimum absolute atomic E-state index is 0.252. The van der Waals surface area contributed by atoms with Gasteiger partial charge in [-0.25, -0.2) is 4.79 Å². The number of amides is 1. The Morgan fingerprint density at radius 3 is 2.65 bits per heavy atom. The largest absolute Gasteiger partial charge is 0.451 e. The maximum absolute atomic E-state index is 12.0. The topological polar surface area (TPSA) is 70.4 Å². The first kappa shape index (κ1) is 16.7. The van der Waals surface area contributed by atoms with Crippen molar-refractivity contribution < 1.29 is 14.3 Å². The Hall–Kier alpha value is -2.65. The van der Waals surface area contributed by atoms with E-state index in [1.807, 2.05) is 42.5 Å². The molecule has 0 aliphatic rings. The average Bonchev–Trinajstić information content (AvgIpc) is 3.08. The quantitative estimate of drug-likeness (QED) is 0.764. The van der Waals surface area contributed by atoms with Crippen LogP contribution in [-0.4, -0.2) is 37.0 Å². The van der Waals surface area contributed by atoms with Crippen molar-refractivity contribution in [3.05, 3.63) is 47.3 Å². The van der Waals surface area contributed by atoms with Crippen molar-refractivity contribution in [2.45, 2.75) is 6.42 Å². The van der Waals surface area contributed by atoms with Crippen LogP contribution in [0.5, 0.6) is 0 Å². The fourth-order valence-electron chi connectivity index (χ4n) is 1.86. The van der Waals surface area contributed by atoms with Crippen LogP contribution in [0.25, 0.3) is 10.4 Å². The zero-order chi connectivity index (χ0) is 16.7. The first-order chi connectivity index (χ1) is 11.1. The van der Waals surface area contributed by atoms with E-state index in [0.29, 0.717) is 11.4 Å². The van der Waals surface area contributed by atoms with Crippen LogP contribution < -0.4 is 0 Å². The summed E-state index contributed by atoms with van der Waals surface area (Å²) in [5, 5.41) is 8.49. The van der Waals surface area contributed by atoms with Crippen molar-refractivity contribution in [2.75, 3.05) is 20.2 Å². The summed E-state index contributed by atoms with van der Waals surface area (Å²) in [5.74, 6) is -0.840. The van der Waals surface area contributed by atoms with Crippen LogP contribution in [0.15, 0.2) is 42.5 Å². The lowest BCUT2D eigenvalue weighted by atomic mass is 10.2. The van der Waals surface area contributed by atoms with Crippen LogP contribution >= 0.6 is 11.3 Å².